The summed E-state index contributed by atoms with van der Waals surface area (Å²) in [5.41, 5.74) is 9.55. The lowest BCUT2D eigenvalue weighted by Crippen LogP contribution is -2.44. The molecule has 0 spiro atoms. The third kappa shape index (κ3) is 21.3. The topological polar surface area (TPSA) is 319 Å². The summed E-state index contributed by atoms with van der Waals surface area (Å²) in [6.07, 6.45) is 25.3. The molecule has 5 amide bonds. The van der Waals surface area contributed by atoms with Crippen LogP contribution in [0.4, 0.5) is 5.69 Å². The zero-order chi connectivity index (χ0) is 66.5. The molecule has 22 heteroatoms. The number of ether oxygens (including phenoxy) is 2. The van der Waals surface area contributed by atoms with Gasteiger partial charge in [-0.1, -0.05) is 129 Å². The number of carbonyl (C=O) groups excluding carboxylic acids is 6. The Morgan fingerprint density at radius 3 is 1.51 bits per heavy atom. The molecule has 0 bridgehead atoms. The molecular formula is C72H97N9O13. The van der Waals surface area contributed by atoms with Crippen molar-refractivity contribution in [1.29, 1.82) is 0 Å². The van der Waals surface area contributed by atoms with E-state index in [-0.39, 0.29) is 48.0 Å². The third-order valence-electron chi connectivity index (χ3n) is 18.5. The summed E-state index contributed by atoms with van der Waals surface area (Å²) in [4.78, 5) is 73.5. The van der Waals surface area contributed by atoms with Crippen molar-refractivity contribution in [1.82, 2.24) is 36.6 Å². The Bertz CT molecular complexity index is 3380. The molecule has 94 heavy (non-hydrogen) atoms. The molecule has 0 aliphatic heterocycles. The molecule has 2 unspecified atom stereocenters. The normalized spacial score (nSPS) is 17.7. The molecule has 2 aromatic carbocycles. The van der Waals surface area contributed by atoms with Crippen LogP contribution >= 0.6 is 0 Å². The second-order valence-electron chi connectivity index (χ2n) is 26.5. The minimum atomic E-state index is -1.10. The number of rotatable bonds is 29. The number of aliphatic hydroxyl groups is 1. The van der Waals surface area contributed by atoms with Gasteiger partial charge >= 0.3 is 0 Å². The van der Waals surface area contributed by atoms with E-state index in [1.807, 2.05) is 63.2 Å². The van der Waals surface area contributed by atoms with Gasteiger partial charge in [0.25, 0.3) is 23.6 Å². The summed E-state index contributed by atoms with van der Waals surface area (Å²) in [7, 11) is 1.62. The van der Waals surface area contributed by atoms with E-state index in [9.17, 15) is 33.9 Å². The molecule has 22 nitrogen and oxygen atoms in total. The average Bonchev–Trinajstić information content (AvgIpc) is 1.92. The second kappa shape index (κ2) is 35.0. The molecule has 508 valence electrons. The summed E-state index contributed by atoms with van der Waals surface area (Å²) in [6, 6.07) is 21.9. The van der Waals surface area contributed by atoms with Crippen molar-refractivity contribution in [2.24, 2.45) is 23.5 Å². The van der Waals surface area contributed by atoms with Crippen LogP contribution in [0.3, 0.4) is 0 Å². The van der Waals surface area contributed by atoms with Gasteiger partial charge < -0.3 is 59.7 Å². The maximum absolute atomic E-state index is 12.7. The predicted molar refractivity (Wildman–Crippen MR) is 351 cm³/mol. The number of amides is 5. The lowest BCUT2D eigenvalue weighted by atomic mass is 9.81. The first-order chi connectivity index (χ1) is 45.6. The molecule has 6 fully saturated rings. The first-order valence-electron chi connectivity index (χ1n) is 34.5. The highest BCUT2D eigenvalue weighted by Crippen LogP contribution is 2.43. The summed E-state index contributed by atoms with van der Waals surface area (Å²) in [5.74, 6) is 3.99. The number of methoxy groups -OCH3 is 1. The fourth-order valence-corrected chi connectivity index (χ4v) is 12.2. The van der Waals surface area contributed by atoms with Crippen molar-refractivity contribution in [2.75, 3.05) is 25.6 Å². The highest BCUT2D eigenvalue weighted by atomic mass is 16.5. The van der Waals surface area contributed by atoms with Crippen molar-refractivity contribution in [3.05, 3.63) is 130 Å². The van der Waals surface area contributed by atoms with Crippen molar-refractivity contribution < 1.29 is 61.4 Å². The van der Waals surface area contributed by atoms with Gasteiger partial charge in [0.05, 0.1) is 38.5 Å². The van der Waals surface area contributed by atoms with E-state index in [2.05, 4.69) is 61.0 Å². The number of unbranched alkanes of at least 4 members (excludes halogenated alkanes) is 2. The number of aliphatic hydroxyl groups excluding tert-OH is 1. The number of Topliss-reactive ketones (excluding diaryl/α,β-unsaturated/α-hetero) is 1. The van der Waals surface area contributed by atoms with Crippen molar-refractivity contribution >= 4 is 41.0 Å². The number of aryl methyl sites for hydroxylation is 1. The SMILES string of the molecule is CC(C)OCC(NC(=O)c1cc(C2CC2)on1)C1CCCCC1.CCCCC[C@H](CC(=O)[C@H](CO)NC(=O)c1cc(C2CC2)on1)C(N)=O.CCc1ccc(NC(=O)c2cc(C3CC3)on2)cc1OC.O=C(NC(c1ccccc1)C1CCCCC1)c1cc(C2CC2)on1. The average molecular weight is 1300 g/mol. The van der Waals surface area contributed by atoms with Crippen LogP contribution in [0.2, 0.25) is 0 Å². The molecule has 0 radical (unpaired) electrons. The Balaban J connectivity index is 0.000000148. The zero-order valence-electron chi connectivity index (χ0n) is 55.4. The lowest BCUT2D eigenvalue weighted by Gasteiger charge is -2.31. The molecule has 4 aromatic heterocycles. The lowest BCUT2D eigenvalue weighted by molar-refractivity contribution is -0.129. The van der Waals surface area contributed by atoms with E-state index in [1.54, 1.807) is 25.3 Å². The first-order valence-corrected chi connectivity index (χ1v) is 34.5. The van der Waals surface area contributed by atoms with Gasteiger partial charge in [0.1, 0.15) is 34.8 Å². The van der Waals surface area contributed by atoms with Gasteiger partial charge in [-0.15, -0.1) is 0 Å². The molecule has 4 atom stereocenters. The minimum absolute atomic E-state index is 0.0556. The largest absolute Gasteiger partial charge is 0.496 e. The number of primary amides is 1. The van der Waals surface area contributed by atoms with E-state index in [0.717, 1.165) is 106 Å². The van der Waals surface area contributed by atoms with E-state index < -0.39 is 36.2 Å². The number of hydrogen-bond acceptors (Lipinski definition) is 17. The highest BCUT2D eigenvalue weighted by Gasteiger charge is 2.35. The Morgan fingerprint density at radius 1 is 0.585 bits per heavy atom. The van der Waals surface area contributed by atoms with Crippen LogP contribution in [-0.2, 0) is 20.7 Å². The van der Waals surface area contributed by atoms with Gasteiger partial charge in [-0.05, 0) is 133 Å². The Hall–Kier alpha value is -7.98. The number of carbonyl (C=O) groups is 6. The number of nitrogens with two attached hydrogens (primary N) is 1. The van der Waals surface area contributed by atoms with Crippen LogP contribution in [-0.4, -0.2) is 99.6 Å². The summed E-state index contributed by atoms with van der Waals surface area (Å²) in [6.45, 7) is 8.17. The van der Waals surface area contributed by atoms with E-state index >= 15 is 0 Å². The molecule has 6 aromatic rings. The molecule has 12 rings (SSSR count). The van der Waals surface area contributed by atoms with E-state index in [0.29, 0.717) is 77.1 Å². The van der Waals surface area contributed by atoms with Crippen LogP contribution in [0.5, 0.6) is 5.75 Å². The van der Waals surface area contributed by atoms with Gasteiger partial charge in [0.15, 0.2) is 28.6 Å². The molecule has 4 heterocycles. The maximum atomic E-state index is 12.7. The molecule has 7 N–H and O–H groups in total. The number of hydrogen-bond donors (Lipinski definition) is 6. The van der Waals surface area contributed by atoms with Gasteiger partial charge in [0, 0.05) is 72.0 Å². The fourth-order valence-electron chi connectivity index (χ4n) is 12.2. The molecule has 6 saturated carbocycles. The van der Waals surface area contributed by atoms with Crippen LogP contribution < -0.4 is 31.7 Å². The van der Waals surface area contributed by atoms with Crippen LogP contribution in [0.15, 0.2) is 90.9 Å². The van der Waals surface area contributed by atoms with Gasteiger partial charge in [-0.3, -0.25) is 28.8 Å². The van der Waals surface area contributed by atoms with E-state index in [4.69, 9.17) is 33.3 Å². The highest BCUT2D eigenvalue weighted by molar-refractivity contribution is 6.03. The number of ketones is 1. The Labute approximate surface area is 551 Å². The number of anilines is 1. The molecular weight excluding hydrogens is 1200 g/mol. The van der Waals surface area contributed by atoms with E-state index in [1.165, 1.54) is 69.8 Å². The van der Waals surface area contributed by atoms with Gasteiger partial charge in [-0.25, -0.2) is 0 Å². The molecule has 6 aliphatic carbocycles. The maximum Gasteiger partial charge on any atom is 0.277 e. The molecule has 6 aliphatic rings. The Kier molecular flexibility index (Phi) is 26.2. The summed E-state index contributed by atoms with van der Waals surface area (Å²) in [5, 5.41) is 36.6. The number of benzene rings is 2. The Morgan fingerprint density at radius 2 is 1.06 bits per heavy atom. The summed E-state index contributed by atoms with van der Waals surface area (Å²) < 4.78 is 32.0. The smallest absolute Gasteiger partial charge is 0.277 e. The quantitative estimate of drug-likeness (QED) is 0.0238. The minimum Gasteiger partial charge on any atom is -0.496 e. The summed E-state index contributed by atoms with van der Waals surface area (Å²) >= 11 is 0. The fraction of sp³-hybridized carbons (Fsp3) is 0.583. The van der Waals surface area contributed by atoms with Gasteiger partial charge in [-0.2, -0.15) is 0 Å². The zero-order valence-corrected chi connectivity index (χ0v) is 55.4. The second-order valence-corrected chi connectivity index (χ2v) is 26.5. The van der Waals surface area contributed by atoms with Crippen LogP contribution in [0, 0.1) is 17.8 Å². The van der Waals surface area contributed by atoms with Crippen molar-refractivity contribution in [3.8, 4) is 5.75 Å². The predicted octanol–water partition coefficient (Wildman–Crippen LogP) is 12.9. The van der Waals surface area contributed by atoms with Crippen LogP contribution in [0.25, 0.3) is 0 Å². The number of nitrogens with zero attached hydrogens (tertiary/aromatic N) is 4. The standard InChI is InChI=1S/C20H24N2O2.C18H27N3O5.C18H28N2O3.C16H18N2O3/c23-20(17-13-18(24-22-17)14-11-12-14)21-19(15-7-3-1-4-8-15)16-9-5-2-6-10-16;1-2-3-4-5-12(17(19)24)8-15(23)14(10-22)20-18(25)13-9-16(26-21-13)11-6-7-11;1-12(2)22-11-16(13-6-4-3-5-7-13)19-18(21)15-10-17(23-20-15)14-8-9-14;1-3-10-6-7-12(8-14(10)20-2)17-16(19)13-9-15(21-18-13)11-4-5-11/h1,3-4,7-8,13-14,16,19H,2,5-6,9-12H2,(H,21,23);9,11-12,14,22H,2-8,10H2,1H3,(H2,19,24)(H,20,25);10,12-14,16H,3-9,11H2,1-2H3,(H,19,21);6-9,11H,3-5H2,1-2H3,(H,17,19)/t;12-,14+;;/m.1../s1. The number of nitrogens with one attached hydrogen (secondary N) is 4. The third-order valence-corrected chi connectivity index (χ3v) is 18.5. The first kappa shape index (κ1) is 70.3. The van der Waals surface area contributed by atoms with Crippen molar-refractivity contribution in [3.63, 3.8) is 0 Å². The van der Waals surface area contributed by atoms with Crippen molar-refractivity contribution in [2.45, 2.75) is 230 Å². The van der Waals surface area contributed by atoms with Crippen LogP contribution in [0.1, 0.15) is 281 Å². The number of aromatic nitrogens is 4. The molecule has 0 saturated heterocycles. The monoisotopic (exact) mass is 1300 g/mol. The van der Waals surface area contributed by atoms with Gasteiger partial charge in [0.2, 0.25) is 5.91 Å².